The standard InChI is InChI=1S/C19H15F4IN4O2/c1-9-3-4-11(8-25-17(29)19(21,22)23)10(2)15(9)16-26-18(30)28(27-16)12-5-6-14(24)13(20)7-12/h3-7H,8H2,1-2H3,(H,25,29)(H,26,27,30). The Morgan fingerprint density at radius 2 is 1.93 bits per heavy atom. The van der Waals surface area contributed by atoms with E-state index >= 15 is 0 Å². The van der Waals surface area contributed by atoms with E-state index in [-0.39, 0.29) is 18.1 Å². The van der Waals surface area contributed by atoms with Crippen molar-refractivity contribution in [3.05, 3.63) is 66.9 Å². The molecule has 1 heterocycles. The van der Waals surface area contributed by atoms with Crippen LogP contribution in [0.3, 0.4) is 0 Å². The number of carbonyl (C=O) groups is 1. The third-order valence-corrected chi connectivity index (χ3v) is 5.36. The minimum absolute atomic E-state index is 0.179. The first-order chi connectivity index (χ1) is 14.0. The number of alkyl halides is 3. The smallest absolute Gasteiger partial charge is 0.344 e. The number of benzene rings is 2. The van der Waals surface area contributed by atoms with E-state index in [0.717, 1.165) is 4.68 Å². The van der Waals surface area contributed by atoms with Gasteiger partial charge in [-0.2, -0.15) is 17.9 Å². The Labute approximate surface area is 181 Å². The molecule has 0 aliphatic heterocycles. The Hall–Kier alpha value is -2.70. The average Bonchev–Trinajstić information content (AvgIpc) is 3.03. The minimum atomic E-state index is -4.98. The minimum Gasteiger partial charge on any atom is -0.344 e. The molecule has 2 aromatic carbocycles. The van der Waals surface area contributed by atoms with Crippen molar-refractivity contribution in [2.75, 3.05) is 0 Å². The fourth-order valence-electron chi connectivity index (χ4n) is 2.95. The summed E-state index contributed by atoms with van der Waals surface area (Å²) in [5.74, 6) is -2.36. The maximum Gasteiger partial charge on any atom is 0.471 e. The molecule has 30 heavy (non-hydrogen) atoms. The number of carbonyl (C=O) groups excluding carboxylic acids is 1. The van der Waals surface area contributed by atoms with Crippen molar-refractivity contribution in [3.8, 4) is 17.1 Å². The summed E-state index contributed by atoms with van der Waals surface area (Å²) in [6.45, 7) is 3.06. The molecule has 1 aromatic heterocycles. The van der Waals surface area contributed by atoms with Gasteiger partial charge < -0.3 is 5.32 Å². The van der Waals surface area contributed by atoms with Gasteiger partial charge in [0.1, 0.15) is 5.82 Å². The molecule has 0 aliphatic carbocycles. The van der Waals surface area contributed by atoms with Gasteiger partial charge in [0, 0.05) is 21.7 Å². The number of hydrogen-bond donors (Lipinski definition) is 2. The molecule has 11 heteroatoms. The lowest BCUT2D eigenvalue weighted by Crippen LogP contribution is -2.36. The maximum atomic E-state index is 13.9. The summed E-state index contributed by atoms with van der Waals surface area (Å²) in [5, 5.41) is 6.06. The molecule has 0 spiro atoms. The van der Waals surface area contributed by atoms with E-state index in [1.54, 1.807) is 32.0 Å². The molecular weight excluding hydrogens is 519 g/mol. The zero-order chi connectivity index (χ0) is 22.2. The first-order valence-electron chi connectivity index (χ1n) is 8.58. The predicted octanol–water partition coefficient (Wildman–Crippen LogP) is 3.77. The van der Waals surface area contributed by atoms with Gasteiger partial charge in [0.2, 0.25) is 0 Å². The van der Waals surface area contributed by atoms with Gasteiger partial charge in [0.15, 0.2) is 5.82 Å². The number of nitrogens with one attached hydrogen (secondary N) is 2. The molecule has 2 N–H and O–H groups in total. The number of halogens is 5. The predicted molar refractivity (Wildman–Crippen MR) is 110 cm³/mol. The van der Waals surface area contributed by atoms with Crippen molar-refractivity contribution >= 4 is 28.5 Å². The lowest BCUT2D eigenvalue weighted by molar-refractivity contribution is -0.173. The summed E-state index contributed by atoms with van der Waals surface area (Å²) in [6.07, 6.45) is -4.98. The van der Waals surface area contributed by atoms with E-state index in [4.69, 9.17) is 0 Å². The van der Waals surface area contributed by atoms with Crippen LogP contribution in [0, 0.1) is 23.2 Å². The van der Waals surface area contributed by atoms with Crippen molar-refractivity contribution in [1.82, 2.24) is 20.1 Å². The highest BCUT2D eigenvalue weighted by Crippen LogP contribution is 2.27. The van der Waals surface area contributed by atoms with Gasteiger partial charge >= 0.3 is 17.8 Å². The van der Waals surface area contributed by atoms with Gasteiger partial charge in [-0.15, -0.1) is 5.10 Å². The quantitative estimate of drug-likeness (QED) is 0.396. The molecule has 0 bridgehead atoms. The largest absolute Gasteiger partial charge is 0.471 e. The highest BCUT2D eigenvalue weighted by molar-refractivity contribution is 14.1. The van der Waals surface area contributed by atoms with E-state index in [0.29, 0.717) is 25.8 Å². The number of rotatable bonds is 4. The van der Waals surface area contributed by atoms with Crippen molar-refractivity contribution in [2.45, 2.75) is 26.6 Å². The Balaban J connectivity index is 1.99. The zero-order valence-electron chi connectivity index (χ0n) is 15.7. The van der Waals surface area contributed by atoms with Crippen molar-refractivity contribution in [3.63, 3.8) is 0 Å². The fraction of sp³-hybridized carbons (Fsp3) is 0.211. The Bertz CT molecular complexity index is 1180. The number of hydrogen-bond acceptors (Lipinski definition) is 3. The SMILES string of the molecule is Cc1ccc(CNC(=O)C(F)(F)F)c(C)c1-c1nn(-c2ccc(I)c(F)c2)c(=O)[nH]1. The molecule has 0 saturated heterocycles. The average molecular weight is 534 g/mol. The molecule has 0 unspecified atom stereocenters. The summed E-state index contributed by atoms with van der Waals surface area (Å²) in [5.41, 5.74) is 1.84. The van der Waals surface area contributed by atoms with Gasteiger partial charge in [0.05, 0.1) is 5.69 Å². The van der Waals surface area contributed by atoms with Crippen LogP contribution in [0.2, 0.25) is 0 Å². The summed E-state index contributed by atoms with van der Waals surface area (Å²) in [4.78, 5) is 26.1. The van der Waals surface area contributed by atoms with E-state index in [9.17, 15) is 27.2 Å². The van der Waals surface area contributed by atoms with Crippen LogP contribution in [0.4, 0.5) is 17.6 Å². The molecule has 1 amide bonds. The van der Waals surface area contributed by atoms with E-state index in [1.165, 1.54) is 12.1 Å². The van der Waals surface area contributed by atoms with Crippen LogP contribution in [-0.4, -0.2) is 26.8 Å². The lowest BCUT2D eigenvalue weighted by atomic mass is 9.97. The van der Waals surface area contributed by atoms with Gasteiger partial charge in [-0.05, 0) is 65.3 Å². The summed E-state index contributed by atoms with van der Waals surface area (Å²) >= 11 is 1.82. The number of H-pyrrole nitrogens is 1. The third-order valence-electron chi connectivity index (χ3n) is 4.48. The molecule has 0 fully saturated rings. The molecule has 3 rings (SSSR count). The molecule has 0 aliphatic rings. The van der Waals surface area contributed by atoms with Gasteiger partial charge in [-0.3, -0.25) is 9.78 Å². The molecule has 0 saturated carbocycles. The van der Waals surface area contributed by atoms with E-state index in [1.807, 2.05) is 27.9 Å². The lowest BCUT2D eigenvalue weighted by Gasteiger charge is -2.14. The Morgan fingerprint density at radius 3 is 2.57 bits per heavy atom. The van der Waals surface area contributed by atoms with Crippen LogP contribution in [0.25, 0.3) is 17.1 Å². The highest BCUT2D eigenvalue weighted by Gasteiger charge is 2.38. The van der Waals surface area contributed by atoms with Crippen molar-refractivity contribution in [1.29, 1.82) is 0 Å². The normalized spacial score (nSPS) is 11.6. The molecule has 6 nitrogen and oxygen atoms in total. The zero-order valence-corrected chi connectivity index (χ0v) is 17.9. The Morgan fingerprint density at radius 1 is 1.23 bits per heavy atom. The Kier molecular flexibility index (Phi) is 6.01. The second-order valence-electron chi connectivity index (χ2n) is 6.51. The topological polar surface area (TPSA) is 79.8 Å². The molecule has 0 radical (unpaired) electrons. The van der Waals surface area contributed by atoms with Gasteiger partial charge in [-0.1, -0.05) is 12.1 Å². The monoisotopic (exact) mass is 534 g/mol. The van der Waals surface area contributed by atoms with E-state index in [2.05, 4.69) is 10.1 Å². The van der Waals surface area contributed by atoms with Crippen LogP contribution < -0.4 is 11.0 Å². The number of aromatic amines is 1. The second kappa shape index (κ2) is 8.20. The summed E-state index contributed by atoms with van der Waals surface area (Å²) in [6, 6.07) is 7.47. The number of aromatic nitrogens is 3. The fourth-order valence-corrected chi connectivity index (χ4v) is 3.29. The summed E-state index contributed by atoms with van der Waals surface area (Å²) in [7, 11) is 0. The van der Waals surface area contributed by atoms with Crippen molar-refractivity contribution < 1.29 is 22.4 Å². The number of amides is 1. The van der Waals surface area contributed by atoms with Crippen molar-refractivity contribution in [2.24, 2.45) is 0 Å². The molecule has 3 aromatic rings. The first kappa shape index (κ1) is 22.0. The van der Waals surface area contributed by atoms with Crippen LogP contribution in [-0.2, 0) is 11.3 Å². The van der Waals surface area contributed by atoms with Gasteiger partial charge in [-0.25, -0.2) is 9.18 Å². The van der Waals surface area contributed by atoms with Crippen LogP contribution in [0.5, 0.6) is 0 Å². The molecule has 0 atom stereocenters. The summed E-state index contributed by atoms with van der Waals surface area (Å²) < 4.78 is 52.6. The number of nitrogens with zero attached hydrogens (tertiary/aromatic N) is 2. The van der Waals surface area contributed by atoms with E-state index < -0.39 is 23.6 Å². The number of aryl methyl sites for hydroxylation is 1. The van der Waals surface area contributed by atoms with Gasteiger partial charge in [0.25, 0.3) is 0 Å². The third kappa shape index (κ3) is 4.40. The first-order valence-corrected chi connectivity index (χ1v) is 9.66. The maximum absolute atomic E-state index is 13.9. The van der Waals surface area contributed by atoms with Crippen LogP contribution in [0.15, 0.2) is 35.1 Å². The highest BCUT2D eigenvalue weighted by atomic mass is 127. The molecule has 158 valence electrons. The molecular formula is C19H15F4IN4O2. The van der Waals surface area contributed by atoms with Crippen LogP contribution >= 0.6 is 22.6 Å². The van der Waals surface area contributed by atoms with Crippen LogP contribution in [0.1, 0.15) is 16.7 Å². The second-order valence-corrected chi connectivity index (χ2v) is 7.67.